The molecule has 92 valence electrons. The van der Waals surface area contributed by atoms with Crippen molar-refractivity contribution < 1.29 is 4.74 Å². The number of ether oxygens (including phenoxy) is 1. The molecule has 3 atom stereocenters. The lowest BCUT2D eigenvalue weighted by Crippen LogP contribution is -2.40. The van der Waals surface area contributed by atoms with E-state index in [-0.39, 0.29) is 11.6 Å². The lowest BCUT2D eigenvalue weighted by atomic mass is 9.86. The Morgan fingerprint density at radius 2 is 2.24 bits per heavy atom. The maximum absolute atomic E-state index is 6.31. The van der Waals surface area contributed by atoms with Crippen LogP contribution in [0.5, 0.6) is 5.75 Å². The molecule has 1 heterocycles. The maximum atomic E-state index is 6.31. The molecule has 0 aromatic heterocycles. The number of nitrogens with two attached hydrogens (primary N) is 1. The second kappa shape index (κ2) is 3.99. The molecular weight excluding hydrogens is 278 g/mol. The van der Waals surface area contributed by atoms with Crippen LogP contribution in [0.4, 0.5) is 0 Å². The lowest BCUT2D eigenvalue weighted by Gasteiger charge is -2.39. The Morgan fingerprint density at radius 3 is 2.94 bits per heavy atom. The summed E-state index contributed by atoms with van der Waals surface area (Å²) in [6.45, 7) is 2.31. The molecule has 0 saturated heterocycles. The van der Waals surface area contributed by atoms with E-state index >= 15 is 0 Å². The van der Waals surface area contributed by atoms with Crippen molar-refractivity contribution in [2.24, 2.45) is 11.7 Å². The van der Waals surface area contributed by atoms with Gasteiger partial charge in [-0.2, -0.15) is 0 Å². The molecule has 1 aliphatic carbocycles. The summed E-state index contributed by atoms with van der Waals surface area (Å²) in [4.78, 5) is 0. The van der Waals surface area contributed by atoms with Gasteiger partial charge in [-0.05, 0) is 43.4 Å². The predicted octanol–water partition coefficient (Wildman–Crippen LogP) is 3.79. The third-order valence-corrected chi connectivity index (χ3v) is 4.60. The first-order chi connectivity index (χ1) is 8.08. The molecule has 1 saturated carbocycles. The third kappa shape index (κ3) is 2.00. The molecular formula is C14H18BrNO. The number of hydrogen-bond acceptors (Lipinski definition) is 2. The van der Waals surface area contributed by atoms with Gasteiger partial charge in [-0.3, -0.25) is 0 Å². The van der Waals surface area contributed by atoms with Crippen LogP contribution >= 0.6 is 15.9 Å². The van der Waals surface area contributed by atoms with Gasteiger partial charge in [0.15, 0.2) is 0 Å². The summed E-state index contributed by atoms with van der Waals surface area (Å²) < 4.78 is 7.35. The molecule has 1 aromatic rings. The van der Waals surface area contributed by atoms with Crippen LogP contribution in [-0.4, -0.2) is 5.60 Å². The fourth-order valence-electron chi connectivity index (χ4n) is 3.31. The van der Waals surface area contributed by atoms with Crippen molar-refractivity contribution in [3.63, 3.8) is 0 Å². The van der Waals surface area contributed by atoms with Crippen LogP contribution in [0.1, 0.15) is 44.2 Å². The molecule has 1 spiro atoms. The molecule has 0 bridgehead atoms. The van der Waals surface area contributed by atoms with E-state index in [1.54, 1.807) is 0 Å². The minimum absolute atomic E-state index is 0.0136. The normalized spacial score (nSPS) is 35.7. The number of rotatable bonds is 0. The zero-order valence-corrected chi connectivity index (χ0v) is 11.7. The highest BCUT2D eigenvalue weighted by molar-refractivity contribution is 9.10. The average Bonchev–Trinajstić information content (AvgIpc) is 2.61. The molecule has 1 aromatic carbocycles. The minimum atomic E-state index is 0.0136. The molecule has 3 rings (SSSR count). The topological polar surface area (TPSA) is 35.2 Å². The first-order valence-electron chi connectivity index (χ1n) is 6.32. The molecule has 17 heavy (non-hydrogen) atoms. The molecule has 1 aliphatic heterocycles. The molecule has 0 amide bonds. The van der Waals surface area contributed by atoms with Gasteiger partial charge in [-0.15, -0.1) is 0 Å². The smallest absolute Gasteiger partial charge is 0.124 e. The van der Waals surface area contributed by atoms with Crippen molar-refractivity contribution in [1.82, 2.24) is 0 Å². The summed E-state index contributed by atoms with van der Waals surface area (Å²) in [6.07, 6.45) is 4.52. The second-order valence-corrected chi connectivity index (χ2v) is 6.54. The first kappa shape index (κ1) is 11.5. The van der Waals surface area contributed by atoms with Crippen LogP contribution in [0.25, 0.3) is 0 Å². The lowest BCUT2D eigenvalue weighted by molar-refractivity contribution is 0.0393. The summed E-state index contributed by atoms with van der Waals surface area (Å²) in [7, 11) is 0. The number of hydrogen-bond donors (Lipinski definition) is 1. The standard InChI is InChI=1S/C14H18BrNO/c1-9-4-5-14(7-9)8-12(16)11-6-10(15)2-3-13(11)17-14/h2-3,6,9,12H,4-5,7-8,16H2,1H3/t9?,12-,14?/m0/s1. The van der Waals surface area contributed by atoms with Crippen LogP contribution in [0.15, 0.2) is 22.7 Å². The summed E-state index contributed by atoms with van der Waals surface area (Å²) in [6, 6.07) is 6.28. The first-order valence-corrected chi connectivity index (χ1v) is 7.11. The molecule has 2 N–H and O–H groups in total. The van der Waals surface area contributed by atoms with Gasteiger partial charge >= 0.3 is 0 Å². The monoisotopic (exact) mass is 295 g/mol. The Hall–Kier alpha value is -0.540. The van der Waals surface area contributed by atoms with Crippen LogP contribution in [0, 0.1) is 5.92 Å². The zero-order chi connectivity index (χ0) is 12.0. The molecule has 1 fully saturated rings. The van der Waals surface area contributed by atoms with E-state index < -0.39 is 0 Å². The van der Waals surface area contributed by atoms with Gasteiger partial charge in [0.2, 0.25) is 0 Å². The van der Waals surface area contributed by atoms with Gasteiger partial charge in [0, 0.05) is 22.5 Å². The van der Waals surface area contributed by atoms with Crippen molar-refractivity contribution in [1.29, 1.82) is 0 Å². The highest BCUT2D eigenvalue weighted by atomic mass is 79.9. The van der Waals surface area contributed by atoms with Crippen LogP contribution in [-0.2, 0) is 0 Å². The number of benzene rings is 1. The van der Waals surface area contributed by atoms with Gasteiger partial charge in [-0.1, -0.05) is 22.9 Å². The van der Waals surface area contributed by atoms with E-state index in [4.69, 9.17) is 10.5 Å². The highest BCUT2D eigenvalue weighted by Gasteiger charge is 2.44. The third-order valence-electron chi connectivity index (χ3n) is 4.10. The van der Waals surface area contributed by atoms with Crippen molar-refractivity contribution >= 4 is 15.9 Å². The summed E-state index contributed by atoms with van der Waals surface area (Å²) >= 11 is 3.49. The fraction of sp³-hybridized carbons (Fsp3) is 0.571. The fourth-order valence-corrected chi connectivity index (χ4v) is 3.69. The second-order valence-electron chi connectivity index (χ2n) is 5.63. The van der Waals surface area contributed by atoms with E-state index in [2.05, 4.69) is 28.9 Å². The van der Waals surface area contributed by atoms with Gasteiger partial charge in [0.25, 0.3) is 0 Å². The summed E-state index contributed by atoms with van der Waals surface area (Å²) in [5.41, 5.74) is 7.47. The minimum Gasteiger partial charge on any atom is -0.487 e. The van der Waals surface area contributed by atoms with Crippen molar-refractivity contribution in [3.8, 4) is 5.75 Å². The van der Waals surface area contributed by atoms with E-state index in [0.717, 1.165) is 41.0 Å². The Morgan fingerprint density at radius 1 is 1.41 bits per heavy atom. The van der Waals surface area contributed by atoms with Gasteiger partial charge < -0.3 is 10.5 Å². The van der Waals surface area contributed by atoms with Crippen molar-refractivity contribution in [2.45, 2.75) is 44.2 Å². The Bertz CT molecular complexity index is 448. The quantitative estimate of drug-likeness (QED) is 0.790. The number of halogens is 1. The van der Waals surface area contributed by atoms with Crippen molar-refractivity contribution in [3.05, 3.63) is 28.2 Å². The summed E-state index contributed by atoms with van der Waals surface area (Å²) in [5.74, 6) is 1.75. The van der Waals surface area contributed by atoms with Crippen molar-refractivity contribution in [2.75, 3.05) is 0 Å². The maximum Gasteiger partial charge on any atom is 0.124 e. The predicted molar refractivity (Wildman–Crippen MR) is 72.1 cm³/mol. The van der Waals surface area contributed by atoms with E-state index in [1.165, 1.54) is 6.42 Å². The molecule has 0 radical (unpaired) electrons. The van der Waals surface area contributed by atoms with Gasteiger partial charge in [0.05, 0.1) is 0 Å². The molecule has 2 aliphatic rings. The van der Waals surface area contributed by atoms with E-state index in [1.807, 2.05) is 12.1 Å². The van der Waals surface area contributed by atoms with Gasteiger partial charge in [-0.25, -0.2) is 0 Å². The highest BCUT2D eigenvalue weighted by Crippen LogP contribution is 2.48. The molecule has 2 unspecified atom stereocenters. The SMILES string of the molecule is CC1CCC2(C1)C[C@H](N)c1cc(Br)ccc1O2. The van der Waals surface area contributed by atoms with E-state index in [0.29, 0.717) is 0 Å². The Balaban J connectivity index is 1.96. The molecule has 3 heteroatoms. The van der Waals surface area contributed by atoms with Crippen LogP contribution < -0.4 is 10.5 Å². The Kier molecular flexibility index (Phi) is 2.71. The van der Waals surface area contributed by atoms with Crippen LogP contribution in [0.2, 0.25) is 0 Å². The Labute approximate surface area is 111 Å². The number of fused-ring (bicyclic) bond motifs is 1. The average molecular weight is 296 g/mol. The van der Waals surface area contributed by atoms with Crippen LogP contribution in [0.3, 0.4) is 0 Å². The largest absolute Gasteiger partial charge is 0.487 e. The van der Waals surface area contributed by atoms with E-state index in [9.17, 15) is 0 Å². The molecule has 2 nitrogen and oxygen atoms in total. The summed E-state index contributed by atoms with van der Waals surface area (Å²) in [5, 5.41) is 0. The van der Waals surface area contributed by atoms with Gasteiger partial charge in [0.1, 0.15) is 11.4 Å². The zero-order valence-electron chi connectivity index (χ0n) is 10.1.